The molecule has 5 rings (SSSR count). The minimum absolute atomic E-state index is 0.0472. The average Bonchev–Trinajstić information content (AvgIpc) is 2.79. The minimum atomic E-state index is -0.571. The molecule has 3 aromatic heterocycles. The Hall–Kier alpha value is -4.31. The summed E-state index contributed by atoms with van der Waals surface area (Å²) < 4.78 is 1.49. The van der Waals surface area contributed by atoms with Crippen LogP contribution in [-0.4, -0.2) is 29.5 Å². The first-order valence-corrected chi connectivity index (χ1v) is 10.4. The number of rotatable bonds is 4. The van der Waals surface area contributed by atoms with Crippen LogP contribution in [0, 0.1) is 0 Å². The number of nitrogens with two attached hydrogens (primary N) is 1. The summed E-state index contributed by atoms with van der Waals surface area (Å²) >= 11 is 6.34. The molecule has 0 aliphatic heterocycles. The molecule has 0 saturated carbocycles. The molecular formula is C22H17ClN8O2. The summed E-state index contributed by atoms with van der Waals surface area (Å²) in [5.41, 5.74) is 6.31. The van der Waals surface area contributed by atoms with Crippen LogP contribution in [-0.2, 0) is 0 Å². The van der Waals surface area contributed by atoms with Crippen molar-refractivity contribution in [3.8, 4) is 5.69 Å². The van der Waals surface area contributed by atoms with Crippen molar-refractivity contribution < 1.29 is 0 Å². The maximum absolute atomic E-state index is 13.5. The second kappa shape index (κ2) is 7.99. The predicted molar refractivity (Wildman–Crippen MR) is 127 cm³/mol. The van der Waals surface area contributed by atoms with E-state index in [4.69, 9.17) is 22.3 Å². The van der Waals surface area contributed by atoms with E-state index in [1.54, 1.807) is 37.3 Å². The summed E-state index contributed by atoms with van der Waals surface area (Å²) in [7, 11) is 0. The second-order valence-electron chi connectivity index (χ2n) is 7.31. The molecule has 2 aromatic carbocycles. The van der Waals surface area contributed by atoms with Crippen molar-refractivity contribution in [2.24, 2.45) is 0 Å². The van der Waals surface area contributed by atoms with Gasteiger partial charge in [-0.25, -0.2) is 9.97 Å². The zero-order valence-corrected chi connectivity index (χ0v) is 18.0. The summed E-state index contributed by atoms with van der Waals surface area (Å²) in [6, 6.07) is 13.6. The maximum Gasteiger partial charge on any atom is 0.267 e. The van der Waals surface area contributed by atoms with E-state index in [1.807, 2.05) is 18.2 Å². The highest BCUT2D eigenvalue weighted by Crippen LogP contribution is 2.25. The van der Waals surface area contributed by atoms with E-state index in [0.717, 1.165) is 0 Å². The number of nitrogen functional groups attached to an aromatic ring is 1. The standard InChI is InChI=1S/C22H17ClN8O2/c1-11(27-18-16-17(29-22(24)30-18)25-10-26-20(16)32)19-28-14-9-5-8-13(23)15(14)21(33)31(19)12-6-3-2-4-7-12/h2-11H,1H3,(H4,24,25,26,27,29,30,32)/t11-/m0/s1. The van der Waals surface area contributed by atoms with Crippen LogP contribution in [0.2, 0.25) is 5.02 Å². The van der Waals surface area contributed by atoms with Crippen LogP contribution in [0.5, 0.6) is 0 Å². The van der Waals surface area contributed by atoms with Gasteiger partial charge in [0.1, 0.15) is 17.0 Å². The fraction of sp³-hybridized carbons (Fsp3) is 0.0909. The number of aromatic amines is 1. The van der Waals surface area contributed by atoms with E-state index >= 15 is 0 Å². The van der Waals surface area contributed by atoms with Crippen molar-refractivity contribution >= 4 is 45.3 Å². The molecule has 33 heavy (non-hydrogen) atoms. The van der Waals surface area contributed by atoms with Gasteiger partial charge < -0.3 is 16.0 Å². The summed E-state index contributed by atoms with van der Waals surface area (Å²) in [6.45, 7) is 1.80. The molecule has 0 saturated heterocycles. The van der Waals surface area contributed by atoms with Gasteiger partial charge in [-0.3, -0.25) is 14.2 Å². The van der Waals surface area contributed by atoms with Crippen LogP contribution in [0.4, 0.5) is 11.8 Å². The first-order valence-electron chi connectivity index (χ1n) is 9.98. The summed E-state index contributed by atoms with van der Waals surface area (Å²) in [4.78, 5) is 45.5. The van der Waals surface area contributed by atoms with Gasteiger partial charge in [-0.2, -0.15) is 9.97 Å². The van der Waals surface area contributed by atoms with Crippen molar-refractivity contribution in [3.05, 3.63) is 86.4 Å². The Morgan fingerprint density at radius 1 is 1.03 bits per heavy atom. The van der Waals surface area contributed by atoms with Gasteiger partial charge in [-0.15, -0.1) is 0 Å². The van der Waals surface area contributed by atoms with Crippen molar-refractivity contribution in [2.75, 3.05) is 11.1 Å². The quantitative estimate of drug-likeness (QED) is 0.371. The number of hydrogen-bond acceptors (Lipinski definition) is 8. The molecule has 0 fully saturated rings. The molecule has 5 aromatic rings. The Kier molecular flexibility index (Phi) is 4.98. The number of fused-ring (bicyclic) bond motifs is 2. The van der Waals surface area contributed by atoms with Gasteiger partial charge in [0.15, 0.2) is 5.65 Å². The van der Waals surface area contributed by atoms with Crippen molar-refractivity contribution in [1.82, 2.24) is 29.5 Å². The Bertz CT molecular complexity index is 1630. The van der Waals surface area contributed by atoms with Gasteiger partial charge in [-0.1, -0.05) is 35.9 Å². The molecule has 0 aliphatic carbocycles. The molecule has 0 bridgehead atoms. The molecule has 4 N–H and O–H groups in total. The molecule has 0 radical (unpaired) electrons. The van der Waals surface area contributed by atoms with E-state index < -0.39 is 11.6 Å². The Morgan fingerprint density at radius 2 is 1.82 bits per heavy atom. The number of hydrogen-bond donors (Lipinski definition) is 3. The number of anilines is 2. The molecule has 10 nitrogen and oxygen atoms in total. The van der Waals surface area contributed by atoms with Crippen molar-refractivity contribution in [3.63, 3.8) is 0 Å². The maximum atomic E-state index is 13.5. The minimum Gasteiger partial charge on any atom is -0.368 e. The van der Waals surface area contributed by atoms with Crippen LogP contribution in [0.25, 0.3) is 27.6 Å². The van der Waals surface area contributed by atoms with Crippen LogP contribution in [0.3, 0.4) is 0 Å². The Labute approximate surface area is 191 Å². The molecule has 0 spiro atoms. The fourth-order valence-electron chi connectivity index (χ4n) is 3.69. The van der Waals surface area contributed by atoms with Gasteiger partial charge in [-0.05, 0) is 31.2 Å². The summed E-state index contributed by atoms with van der Waals surface area (Å²) in [6.07, 6.45) is 1.24. The van der Waals surface area contributed by atoms with E-state index in [2.05, 4.69) is 25.3 Å². The number of nitrogens with zero attached hydrogens (tertiary/aromatic N) is 5. The smallest absolute Gasteiger partial charge is 0.267 e. The average molecular weight is 461 g/mol. The SMILES string of the molecule is C[C@H](Nc1nc(N)nc2nc[nH]c(=O)c12)c1nc2cccc(Cl)c2c(=O)n1-c1ccccc1. The Balaban J connectivity index is 1.73. The number of benzene rings is 2. The van der Waals surface area contributed by atoms with Crippen LogP contribution in [0.15, 0.2) is 64.4 Å². The van der Waals surface area contributed by atoms with Gasteiger partial charge in [0.05, 0.1) is 34.0 Å². The predicted octanol–water partition coefficient (Wildman–Crippen LogP) is 2.82. The molecule has 0 unspecified atom stereocenters. The molecule has 0 amide bonds. The zero-order chi connectivity index (χ0) is 23.1. The number of H-pyrrole nitrogens is 1. The monoisotopic (exact) mass is 460 g/mol. The first kappa shape index (κ1) is 20.6. The Morgan fingerprint density at radius 3 is 2.61 bits per heavy atom. The normalized spacial score (nSPS) is 12.2. The van der Waals surface area contributed by atoms with Gasteiger partial charge in [0.25, 0.3) is 11.1 Å². The lowest BCUT2D eigenvalue weighted by molar-refractivity contribution is 0.732. The lowest BCUT2D eigenvalue weighted by atomic mass is 10.2. The molecule has 3 heterocycles. The van der Waals surface area contributed by atoms with Gasteiger partial charge in [0.2, 0.25) is 5.95 Å². The highest BCUT2D eigenvalue weighted by Gasteiger charge is 2.21. The van der Waals surface area contributed by atoms with Crippen molar-refractivity contribution in [1.29, 1.82) is 0 Å². The van der Waals surface area contributed by atoms with Crippen molar-refractivity contribution in [2.45, 2.75) is 13.0 Å². The van der Waals surface area contributed by atoms with E-state index in [9.17, 15) is 9.59 Å². The third-order valence-electron chi connectivity index (χ3n) is 5.14. The third-order valence-corrected chi connectivity index (χ3v) is 5.46. The van der Waals surface area contributed by atoms with Gasteiger partial charge in [0, 0.05) is 0 Å². The lowest BCUT2D eigenvalue weighted by Gasteiger charge is -2.20. The number of para-hydroxylation sites is 1. The van der Waals surface area contributed by atoms with Gasteiger partial charge >= 0.3 is 0 Å². The van der Waals surface area contributed by atoms with E-state index in [-0.39, 0.29) is 28.4 Å². The molecule has 11 heteroatoms. The molecule has 164 valence electrons. The molecular weight excluding hydrogens is 444 g/mol. The summed E-state index contributed by atoms with van der Waals surface area (Å²) in [5.74, 6) is 0.528. The third kappa shape index (κ3) is 3.56. The largest absolute Gasteiger partial charge is 0.368 e. The highest BCUT2D eigenvalue weighted by molar-refractivity contribution is 6.35. The summed E-state index contributed by atoms with van der Waals surface area (Å²) in [5, 5.41) is 3.93. The zero-order valence-electron chi connectivity index (χ0n) is 17.3. The van der Waals surface area contributed by atoms with Crippen LogP contribution < -0.4 is 22.2 Å². The second-order valence-corrected chi connectivity index (χ2v) is 7.71. The number of nitrogens with one attached hydrogen (secondary N) is 2. The topological polar surface area (TPSA) is 144 Å². The van der Waals surface area contributed by atoms with E-state index in [1.165, 1.54) is 10.9 Å². The van der Waals surface area contributed by atoms with E-state index in [0.29, 0.717) is 27.4 Å². The van der Waals surface area contributed by atoms with Crippen LogP contribution in [0.1, 0.15) is 18.8 Å². The number of halogens is 1. The fourth-order valence-corrected chi connectivity index (χ4v) is 3.94. The molecule has 1 atom stereocenters. The highest BCUT2D eigenvalue weighted by atomic mass is 35.5. The molecule has 0 aliphatic rings. The lowest BCUT2D eigenvalue weighted by Crippen LogP contribution is -2.28. The first-order chi connectivity index (χ1) is 15.9. The van der Waals surface area contributed by atoms with Crippen LogP contribution >= 0.6 is 11.6 Å². The number of aromatic nitrogens is 6.